The van der Waals surface area contributed by atoms with Crippen LogP contribution in [-0.2, 0) is 11.3 Å². The van der Waals surface area contributed by atoms with Gasteiger partial charge in [-0.05, 0) is 36.5 Å². The molecule has 1 amide bonds. The van der Waals surface area contributed by atoms with Gasteiger partial charge in [0.15, 0.2) is 0 Å². The summed E-state index contributed by atoms with van der Waals surface area (Å²) in [6.45, 7) is 0.982. The number of carbonyl (C=O) groups is 1. The quantitative estimate of drug-likeness (QED) is 0.826. The van der Waals surface area contributed by atoms with Gasteiger partial charge in [-0.3, -0.25) is 9.59 Å². The molecule has 0 spiro atoms. The summed E-state index contributed by atoms with van der Waals surface area (Å²) in [6.07, 6.45) is 2.92. The topological polar surface area (TPSA) is 51.1 Å². The number of carbonyl (C=O) groups excluding carboxylic acids is 1. The molecule has 1 fully saturated rings. The van der Waals surface area contributed by atoms with Gasteiger partial charge in [-0.15, -0.1) is 0 Å². The molecule has 3 rings (SSSR count). The summed E-state index contributed by atoms with van der Waals surface area (Å²) in [6, 6.07) is 8.42. The number of hydrogen-bond donors (Lipinski definition) is 1. The summed E-state index contributed by atoms with van der Waals surface area (Å²) in [5.41, 5.74) is 0.324. The SMILES string of the molecule is O=C(NCCCn1ccccc1=O)[C@@H]1C[C@H]1c1ccc(F)cc1F. The van der Waals surface area contributed by atoms with E-state index in [0.717, 1.165) is 6.07 Å². The Bertz CT molecular complexity index is 804. The molecule has 2 atom stereocenters. The van der Waals surface area contributed by atoms with Crippen LogP contribution in [0.3, 0.4) is 0 Å². The predicted molar refractivity (Wildman–Crippen MR) is 85.5 cm³/mol. The van der Waals surface area contributed by atoms with Gasteiger partial charge in [0, 0.05) is 37.3 Å². The van der Waals surface area contributed by atoms with Crippen LogP contribution >= 0.6 is 0 Å². The number of benzene rings is 1. The molecular formula is C18H18F2N2O2. The first-order chi connectivity index (χ1) is 11.6. The molecule has 0 unspecified atom stereocenters. The summed E-state index contributed by atoms with van der Waals surface area (Å²) in [4.78, 5) is 23.6. The first-order valence-electron chi connectivity index (χ1n) is 7.94. The lowest BCUT2D eigenvalue weighted by Gasteiger charge is -2.07. The number of hydrogen-bond acceptors (Lipinski definition) is 2. The number of rotatable bonds is 6. The minimum absolute atomic E-state index is 0.0714. The molecule has 0 aliphatic heterocycles. The third-order valence-electron chi connectivity index (χ3n) is 4.26. The molecule has 1 N–H and O–H groups in total. The Balaban J connectivity index is 1.45. The van der Waals surface area contributed by atoms with Crippen molar-refractivity contribution in [1.82, 2.24) is 9.88 Å². The van der Waals surface area contributed by atoms with Crippen LogP contribution in [-0.4, -0.2) is 17.0 Å². The van der Waals surface area contributed by atoms with E-state index in [9.17, 15) is 18.4 Å². The first-order valence-corrected chi connectivity index (χ1v) is 7.94. The molecule has 1 aliphatic carbocycles. The van der Waals surface area contributed by atoms with Crippen molar-refractivity contribution in [3.63, 3.8) is 0 Å². The molecule has 0 bridgehead atoms. The maximum atomic E-state index is 13.7. The van der Waals surface area contributed by atoms with Gasteiger partial charge >= 0.3 is 0 Å². The van der Waals surface area contributed by atoms with Crippen LogP contribution in [0.25, 0.3) is 0 Å². The van der Waals surface area contributed by atoms with Crippen LogP contribution in [0, 0.1) is 17.6 Å². The fourth-order valence-electron chi connectivity index (χ4n) is 2.87. The van der Waals surface area contributed by atoms with Crippen LogP contribution in [0.4, 0.5) is 8.78 Å². The number of amides is 1. The molecule has 1 saturated carbocycles. The maximum Gasteiger partial charge on any atom is 0.250 e. The number of nitrogens with zero attached hydrogens (tertiary/aromatic N) is 1. The molecule has 1 aromatic carbocycles. The Morgan fingerprint density at radius 3 is 2.83 bits per heavy atom. The zero-order chi connectivity index (χ0) is 17.1. The van der Waals surface area contributed by atoms with E-state index in [4.69, 9.17) is 0 Å². The van der Waals surface area contributed by atoms with E-state index in [1.54, 1.807) is 22.9 Å². The zero-order valence-electron chi connectivity index (χ0n) is 13.0. The number of halogens is 2. The average Bonchev–Trinajstić information content (AvgIpc) is 3.33. The predicted octanol–water partition coefficient (Wildman–Crippen LogP) is 2.44. The molecule has 0 saturated heterocycles. The lowest BCUT2D eigenvalue weighted by Crippen LogP contribution is -2.28. The second kappa shape index (κ2) is 6.95. The van der Waals surface area contributed by atoms with E-state index in [2.05, 4.69) is 5.32 Å². The zero-order valence-corrected chi connectivity index (χ0v) is 13.0. The minimum atomic E-state index is -0.617. The third kappa shape index (κ3) is 3.69. The van der Waals surface area contributed by atoms with Crippen molar-refractivity contribution in [1.29, 1.82) is 0 Å². The Kier molecular flexibility index (Phi) is 4.74. The van der Waals surface area contributed by atoms with Gasteiger partial charge in [0.05, 0.1) is 0 Å². The Labute approximate surface area is 138 Å². The minimum Gasteiger partial charge on any atom is -0.356 e. The first kappa shape index (κ1) is 16.4. The van der Waals surface area contributed by atoms with Gasteiger partial charge in [-0.1, -0.05) is 12.1 Å². The largest absolute Gasteiger partial charge is 0.356 e. The molecule has 1 aliphatic rings. The van der Waals surface area contributed by atoms with E-state index in [-0.39, 0.29) is 23.3 Å². The molecule has 0 radical (unpaired) electrons. The Morgan fingerprint density at radius 1 is 1.25 bits per heavy atom. The van der Waals surface area contributed by atoms with Crippen molar-refractivity contribution >= 4 is 5.91 Å². The Hall–Kier alpha value is -2.50. The maximum absolute atomic E-state index is 13.7. The number of aromatic nitrogens is 1. The summed E-state index contributed by atoms with van der Waals surface area (Å²) in [5, 5.41) is 2.81. The highest BCUT2D eigenvalue weighted by Gasteiger charge is 2.45. The van der Waals surface area contributed by atoms with Crippen LogP contribution in [0.15, 0.2) is 47.4 Å². The van der Waals surface area contributed by atoms with Crippen molar-refractivity contribution in [2.45, 2.75) is 25.3 Å². The fraction of sp³-hybridized carbons (Fsp3) is 0.333. The van der Waals surface area contributed by atoms with E-state index >= 15 is 0 Å². The molecule has 126 valence electrons. The lowest BCUT2D eigenvalue weighted by atomic mass is 10.1. The number of aryl methyl sites for hydroxylation is 1. The second-order valence-electron chi connectivity index (χ2n) is 5.99. The van der Waals surface area contributed by atoms with E-state index in [0.29, 0.717) is 31.5 Å². The van der Waals surface area contributed by atoms with Crippen LogP contribution in [0.5, 0.6) is 0 Å². The summed E-state index contributed by atoms with van der Waals surface area (Å²) < 4.78 is 28.2. The summed E-state index contributed by atoms with van der Waals surface area (Å²) >= 11 is 0. The van der Waals surface area contributed by atoms with Gasteiger partial charge in [0.2, 0.25) is 11.5 Å². The molecule has 6 heteroatoms. The Morgan fingerprint density at radius 2 is 2.08 bits per heavy atom. The third-order valence-corrected chi connectivity index (χ3v) is 4.26. The average molecular weight is 332 g/mol. The van der Waals surface area contributed by atoms with Crippen molar-refractivity contribution in [3.8, 4) is 0 Å². The smallest absolute Gasteiger partial charge is 0.250 e. The molecule has 1 aromatic heterocycles. The van der Waals surface area contributed by atoms with E-state index < -0.39 is 11.6 Å². The van der Waals surface area contributed by atoms with Crippen molar-refractivity contribution < 1.29 is 13.6 Å². The molecule has 1 heterocycles. The lowest BCUT2D eigenvalue weighted by molar-refractivity contribution is -0.122. The standard InChI is InChI=1S/C18H18F2N2O2/c19-12-5-6-13(16(20)10-12)14-11-15(14)18(24)21-7-3-9-22-8-2-1-4-17(22)23/h1-2,4-6,8,10,14-15H,3,7,9,11H2,(H,21,24)/t14-,15+/m0/s1. The van der Waals surface area contributed by atoms with Gasteiger partial charge in [-0.25, -0.2) is 8.78 Å². The summed E-state index contributed by atoms with van der Waals surface area (Å²) in [5.74, 6) is -1.77. The molecular weight excluding hydrogens is 314 g/mol. The van der Waals surface area contributed by atoms with Crippen LogP contribution in [0.1, 0.15) is 24.3 Å². The molecule has 2 aromatic rings. The van der Waals surface area contributed by atoms with Crippen LogP contribution < -0.4 is 10.9 Å². The second-order valence-corrected chi connectivity index (χ2v) is 5.99. The monoisotopic (exact) mass is 332 g/mol. The van der Waals surface area contributed by atoms with Crippen molar-refractivity contribution in [2.24, 2.45) is 5.92 Å². The van der Waals surface area contributed by atoms with E-state index in [1.807, 2.05) is 0 Å². The van der Waals surface area contributed by atoms with Gasteiger partial charge in [0.25, 0.3) is 0 Å². The highest BCUT2D eigenvalue weighted by Crippen LogP contribution is 2.48. The number of pyridine rings is 1. The van der Waals surface area contributed by atoms with Gasteiger partial charge in [-0.2, -0.15) is 0 Å². The van der Waals surface area contributed by atoms with Crippen molar-refractivity contribution in [2.75, 3.05) is 6.54 Å². The van der Waals surface area contributed by atoms with E-state index in [1.165, 1.54) is 18.2 Å². The molecule has 24 heavy (non-hydrogen) atoms. The highest BCUT2D eigenvalue weighted by molar-refractivity contribution is 5.82. The van der Waals surface area contributed by atoms with Crippen molar-refractivity contribution in [3.05, 3.63) is 70.1 Å². The number of nitrogens with one attached hydrogen (secondary N) is 1. The fourth-order valence-corrected chi connectivity index (χ4v) is 2.87. The molecule has 4 nitrogen and oxygen atoms in total. The van der Waals surface area contributed by atoms with Gasteiger partial charge < -0.3 is 9.88 Å². The summed E-state index contributed by atoms with van der Waals surface area (Å²) in [7, 11) is 0. The van der Waals surface area contributed by atoms with Gasteiger partial charge in [0.1, 0.15) is 11.6 Å². The highest BCUT2D eigenvalue weighted by atomic mass is 19.1. The normalized spacial score (nSPS) is 19.1. The van der Waals surface area contributed by atoms with Crippen LogP contribution in [0.2, 0.25) is 0 Å².